The molecule has 6 aliphatic carbocycles. The molecule has 5 aliphatic heterocycles. The van der Waals surface area contributed by atoms with E-state index in [1.807, 2.05) is 6.07 Å². The molecule has 10 N–H and O–H groups in total. The average Bonchev–Trinajstić information content (AvgIpc) is 1.56. The third-order valence-corrected chi connectivity index (χ3v) is 23.0. The van der Waals surface area contributed by atoms with Crippen LogP contribution in [0.25, 0.3) is 16.6 Å². The largest absolute Gasteiger partial charge is 0.481 e. The van der Waals surface area contributed by atoms with Crippen LogP contribution in [0.2, 0.25) is 0 Å². The lowest BCUT2D eigenvalue weighted by atomic mass is 9.92. The first-order valence-corrected chi connectivity index (χ1v) is 34.7. The van der Waals surface area contributed by atoms with Gasteiger partial charge in [-0.1, -0.05) is 57.8 Å². The number of nitrogen functional groups attached to an aromatic ring is 3. The second-order valence-corrected chi connectivity index (χ2v) is 29.6. The number of ether oxygens (including phenoxy) is 9. The fourth-order valence-electron chi connectivity index (χ4n) is 18.3. The molecule has 11 aliphatic rings. The Kier molecular flexibility index (Phi) is 18.3. The molecule has 18 atom stereocenters. The molecule has 0 amide bonds. The van der Waals surface area contributed by atoms with Crippen molar-refractivity contribution in [3.63, 3.8) is 0 Å². The minimum Gasteiger partial charge on any atom is -0.481 e. The highest BCUT2D eigenvalue weighted by atomic mass is 16.8. The number of aromatic nitrogens is 9. The number of aliphatic carboxylic acids is 1. The summed E-state index contributed by atoms with van der Waals surface area (Å²) in [5, 5.41) is 82.6. The monoisotopic (exact) mass is 1380 g/mol. The van der Waals surface area contributed by atoms with Crippen molar-refractivity contribution in [2.75, 3.05) is 37.0 Å². The van der Waals surface area contributed by atoms with Gasteiger partial charge >= 0.3 is 17.9 Å². The van der Waals surface area contributed by atoms with Crippen LogP contribution in [-0.2, 0) is 73.8 Å². The first-order valence-electron chi connectivity index (χ1n) is 34.7. The summed E-state index contributed by atoms with van der Waals surface area (Å²) in [6, 6.07) is 16.5. The predicted molar refractivity (Wildman–Crippen MR) is 346 cm³/mol. The van der Waals surface area contributed by atoms with Crippen molar-refractivity contribution in [2.45, 2.75) is 207 Å². The maximum absolute atomic E-state index is 12.9. The van der Waals surface area contributed by atoms with Gasteiger partial charge in [0.2, 0.25) is 16.8 Å². The number of esters is 2. The van der Waals surface area contributed by atoms with Crippen molar-refractivity contribution in [2.24, 2.45) is 53.3 Å². The van der Waals surface area contributed by atoms with Gasteiger partial charge in [0.15, 0.2) is 29.0 Å². The summed E-state index contributed by atoms with van der Waals surface area (Å²) in [7, 11) is 0. The smallest absolute Gasteiger partial charge is 0.309 e. The molecule has 0 spiro atoms. The van der Waals surface area contributed by atoms with E-state index in [-0.39, 0.29) is 61.0 Å². The lowest BCUT2D eigenvalue weighted by Crippen LogP contribution is -2.41. The van der Waals surface area contributed by atoms with Crippen molar-refractivity contribution in [1.29, 1.82) is 15.8 Å². The Morgan fingerprint density at radius 2 is 0.850 bits per heavy atom. The number of carboxylic acid groups (broad SMARTS) is 1. The van der Waals surface area contributed by atoms with E-state index in [1.54, 1.807) is 68.6 Å². The molecule has 5 saturated heterocycles. The Hall–Kier alpha value is -8.26. The van der Waals surface area contributed by atoms with Crippen LogP contribution in [0.3, 0.4) is 0 Å². The first kappa shape index (κ1) is 68.9. The fraction of sp³-hybridized carbons (Fsp3) is 0.652. The van der Waals surface area contributed by atoms with Crippen molar-refractivity contribution >= 4 is 51.9 Å². The van der Waals surface area contributed by atoms with Crippen LogP contribution in [0.4, 0.5) is 17.5 Å². The van der Waals surface area contributed by atoms with E-state index in [0.717, 1.165) is 50.4 Å². The topological polar surface area (TPSA) is 455 Å². The molecule has 6 saturated carbocycles. The van der Waals surface area contributed by atoms with E-state index >= 15 is 0 Å². The van der Waals surface area contributed by atoms with Crippen LogP contribution in [0, 0.1) is 87.3 Å². The van der Waals surface area contributed by atoms with E-state index in [0.29, 0.717) is 63.2 Å². The molecular formula is C69H85N15O16. The third-order valence-electron chi connectivity index (χ3n) is 23.0. The summed E-state index contributed by atoms with van der Waals surface area (Å²) >= 11 is 0. The minimum atomic E-state index is -1.89. The second kappa shape index (κ2) is 26.6. The van der Waals surface area contributed by atoms with E-state index in [1.165, 1.54) is 85.8 Å². The van der Waals surface area contributed by atoms with Crippen LogP contribution >= 0.6 is 0 Å². The summed E-state index contributed by atoms with van der Waals surface area (Å²) in [6.45, 7) is 6.58. The standard InChI is InChI=1S/C24H29N5O5.C21H25N5O5.C15H17N5O4.C9H14O2/c1-23(2)33-19-17(10-31-22(30)15-8-13-4-3-5-14(13)9-15)32-24(11-25,20(19)34-23)18-7-6-16-21(26)27-12-28-29(16)18;22-9-21(16-5-4-14-19(23)24-10-25-26(14)16)18(28)17(27)15(31-21)8-30-20(29)13-6-11-2-1-3-12(11)7-13;1-14(2)23-11-9(5-21)22-15(6-16,12(11)24-14)10-4-3-8-13(17)18-7-19-20(8)10;10-9(11)8-4-6-2-1-3-7(6)5-8/h6-7,12-15,17,19-20H,3-5,8-10H2,1-2H3,(H2,26,27,28);4-5,10-13,15,17-18,27-28H,1-3,6-8H2,(H2,23,24,25);3-4,7,9,11-12,21H,5H2,1-2H3,(H2,17,18,19);6-8H,1-5H2,(H,10,11)/t13?,14?,15?,17-,19-,20-,24+;11?,12?,13?,15-,17-,18-,21+;9-,11-,12-,15+;/m111./s1. The predicted octanol–water partition coefficient (Wildman–Crippen LogP) is 4.68. The zero-order chi connectivity index (χ0) is 70.4. The van der Waals surface area contributed by atoms with Gasteiger partial charge in [0, 0.05) is 0 Å². The van der Waals surface area contributed by atoms with Gasteiger partial charge in [-0.05, 0) is 138 Å². The van der Waals surface area contributed by atoms with Crippen LogP contribution in [0.1, 0.15) is 141 Å². The van der Waals surface area contributed by atoms with Gasteiger partial charge in [0.1, 0.15) is 122 Å². The van der Waals surface area contributed by atoms with Crippen molar-refractivity contribution in [3.05, 3.63) is 72.5 Å². The van der Waals surface area contributed by atoms with Gasteiger partial charge in [-0.25, -0.2) is 28.5 Å². The van der Waals surface area contributed by atoms with Gasteiger partial charge < -0.3 is 80.3 Å². The number of anilines is 3. The molecule has 0 bridgehead atoms. The summed E-state index contributed by atoms with van der Waals surface area (Å²) < 4.78 is 57.8. The molecular weight excluding hydrogens is 1290 g/mol. The highest BCUT2D eigenvalue weighted by Crippen LogP contribution is 2.54. The molecule has 31 nitrogen and oxygen atoms in total. The quantitative estimate of drug-likeness (QED) is 0.0866. The number of carboxylic acids is 1. The molecule has 0 aromatic carbocycles. The third kappa shape index (κ3) is 12.0. The lowest BCUT2D eigenvalue weighted by molar-refractivity contribution is -0.207. The van der Waals surface area contributed by atoms with Gasteiger partial charge in [0.25, 0.3) is 0 Å². The molecule has 6 aromatic rings. The van der Waals surface area contributed by atoms with Crippen LogP contribution < -0.4 is 17.2 Å². The summed E-state index contributed by atoms with van der Waals surface area (Å²) in [4.78, 5) is 47.9. The van der Waals surface area contributed by atoms with E-state index in [4.69, 9.17) is 64.9 Å². The van der Waals surface area contributed by atoms with Gasteiger partial charge in [-0.2, -0.15) is 31.1 Å². The molecule has 11 fully saturated rings. The number of nitriles is 3. The number of carbonyl (C=O) groups is 3. The molecule has 0 radical (unpaired) electrons. The van der Waals surface area contributed by atoms with E-state index in [2.05, 4.69) is 42.4 Å². The Balaban J connectivity index is 0.000000120. The molecule has 6 aromatic heterocycles. The molecule has 6 unspecified atom stereocenters. The number of hydrogen-bond acceptors (Lipinski definition) is 27. The zero-order valence-corrected chi connectivity index (χ0v) is 56.1. The Labute approximate surface area is 575 Å². The van der Waals surface area contributed by atoms with E-state index < -0.39 is 89.3 Å². The van der Waals surface area contributed by atoms with Gasteiger partial charge in [0.05, 0.1) is 41.4 Å². The van der Waals surface area contributed by atoms with Crippen LogP contribution in [-0.4, -0.2) is 168 Å². The zero-order valence-electron chi connectivity index (χ0n) is 56.1. The Morgan fingerprint density at radius 1 is 0.510 bits per heavy atom. The number of hydrogen-bond donors (Lipinski definition) is 7. The Bertz CT molecular complexity index is 4190. The normalized spacial score (nSPS) is 37.3. The molecule has 11 heterocycles. The maximum Gasteiger partial charge on any atom is 0.309 e. The van der Waals surface area contributed by atoms with Gasteiger partial charge in [-0.3, -0.25) is 14.4 Å². The average molecular weight is 1380 g/mol. The van der Waals surface area contributed by atoms with Crippen molar-refractivity contribution in [3.8, 4) is 18.2 Å². The number of fused-ring (bicyclic) bond motifs is 8. The summed E-state index contributed by atoms with van der Waals surface area (Å²) in [6.07, 6.45) is 12.5. The molecule has 31 heteroatoms. The summed E-state index contributed by atoms with van der Waals surface area (Å²) in [5.74, 6) is 1.77. The molecule has 532 valence electrons. The Morgan fingerprint density at radius 3 is 1.22 bits per heavy atom. The molecule has 17 rings (SSSR count). The number of nitrogens with two attached hydrogens (primary N) is 3. The van der Waals surface area contributed by atoms with Crippen LogP contribution in [0.5, 0.6) is 0 Å². The minimum absolute atomic E-state index is 0.00483. The highest BCUT2D eigenvalue weighted by Gasteiger charge is 2.67. The fourth-order valence-corrected chi connectivity index (χ4v) is 18.3. The number of rotatable bonds is 11. The van der Waals surface area contributed by atoms with Gasteiger partial charge in [-0.15, -0.1) is 0 Å². The lowest BCUT2D eigenvalue weighted by Gasteiger charge is -2.29. The SMILES string of the molecule is CC1(C)O[C@H]2[C@@H](O1)[C@](C#N)(c1ccc3c(N)ncnn13)O[C@@H]2CO.CC1(C)O[C@H]2[C@@H](O1)[C@](C#N)(c1ccc3c(N)ncnn13)O[C@@H]2COC(=O)C1CC2CCCC2C1.N#C[C@@]1(c2ccc3c(N)ncnn23)O[C@H](COC(=O)C2CC3CCCC3C2)[C@@H](O)[C@H]1O.O=C(O)C1CC2CCCC2C1. The number of nitrogens with zero attached hydrogens (tertiary/aromatic N) is 12. The maximum atomic E-state index is 12.9. The van der Waals surface area contributed by atoms with Crippen molar-refractivity contribution in [1.82, 2.24) is 43.8 Å². The second-order valence-electron chi connectivity index (χ2n) is 29.6. The van der Waals surface area contributed by atoms with Crippen LogP contribution in [0.15, 0.2) is 55.4 Å². The first-order chi connectivity index (χ1) is 47.9. The van der Waals surface area contributed by atoms with E-state index in [9.17, 15) is 45.5 Å². The number of aliphatic hydroxyl groups is 3. The highest BCUT2D eigenvalue weighted by molar-refractivity contribution is 5.74. The van der Waals surface area contributed by atoms with Crippen molar-refractivity contribution < 1.29 is 77.4 Å². The summed E-state index contributed by atoms with van der Waals surface area (Å²) in [5.41, 5.74) is 15.5. The number of aliphatic hydroxyl groups excluding tert-OH is 3. The number of carbonyl (C=O) groups excluding carboxylic acids is 2. The molecule has 100 heavy (non-hydrogen) atoms.